The highest BCUT2D eigenvalue weighted by Gasteiger charge is 2.36. The molecule has 0 fully saturated rings. The van der Waals surface area contributed by atoms with Crippen LogP contribution in [0.5, 0.6) is 0 Å². The fourth-order valence-electron chi connectivity index (χ4n) is 4.88. The molecule has 23 heteroatoms. The van der Waals surface area contributed by atoms with Crippen molar-refractivity contribution >= 4 is 53.3 Å². The van der Waals surface area contributed by atoms with E-state index in [0.29, 0.717) is 12.8 Å². The molecule has 0 rings (SSSR count). The number of aliphatic hydroxyl groups is 3. The number of aliphatic carboxylic acids is 2. The second-order valence-electron chi connectivity index (χ2n) is 13.3. The molecule has 0 bridgehead atoms. The number of carbonyl (C=O) groups excluding carboxylic acids is 7. The van der Waals surface area contributed by atoms with Crippen LogP contribution in [0.15, 0.2) is 0 Å². The number of primary amides is 1. The molecule has 0 aromatic rings. The fourth-order valence-corrected chi connectivity index (χ4v) is 4.88. The number of aliphatic hydroxyl groups excluding tert-OH is 3. The Balaban J connectivity index is 6.30. The Labute approximate surface area is 317 Å². The summed E-state index contributed by atoms with van der Waals surface area (Å²) in [4.78, 5) is 114. The molecule has 9 atom stereocenters. The van der Waals surface area contributed by atoms with E-state index in [-0.39, 0.29) is 25.3 Å². The van der Waals surface area contributed by atoms with E-state index in [9.17, 15) is 63.6 Å². The average Bonchev–Trinajstić information content (AvgIpc) is 3.08. The van der Waals surface area contributed by atoms with Crippen molar-refractivity contribution in [2.75, 3.05) is 13.2 Å². The first-order valence-electron chi connectivity index (χ1n) is 17.5. The number of unbranched alkanes of at least 4 members (excludes halogenated alkanes) is 1. The van der Waals surface area contributed by atoms with Crippen LogP contribution in [0.1, 0.15) is 72.6 Å². The van der Waals surface area contributed by atoms with Gasteiger partial charge in [0.05, 0.1) is 25.2 Å². The van der Waals surface area contributed by atoms with Crippen molar-refractivity contribution < 1.29 is 68.7 Å². The van der Waals surface area contributed by atoms with Gasteiger partial charge in [-0.1, -0.05) is 13.8 Å². The molecular weight excluding hydrogens is 734 g/mol. The highest BCUT2D eigenvalue weighted by Crippen LogP contribution is 2.10. The molecule has 314 valence electrons. The topological polar surface area (TPSA) is 405 Å². The molecule has 0 aromatic carbocycles. The summed E-state index contributed by atoms with van der Waals surface area (Å²) in [7, 11) is 0. The number of hydrogen-bond acceptors (Lipinski definition) is 14. The smallest absolute Gasteiger partial charge is 0.326 e. The Bertz CT molecular complexity index is 1350. The van der Waals surface area contributed by atoms with Crippen LogP contribution in [0.2, 0.25) is 0 Å². The summed E-state index contributed by atoms with van der Waals surface area (Å²) in [5.41, 5.74) is 16.2. The number of nitrogens with one attached hydrogen (secondary N) is 6. The molecule has 0 heterocycles. The van der Waals surface area contributed by atoms with Crippen molar-refractivity contribution in [1.82, 2.24) is 31.9 Å². The van der Waals surface area contributed by atoms with Crippen molar-refractivity contribution in [3.8, 4) is 0 Å². The lowest BCUT2D eigenvalue weighted by Crippen LogP contribution is -2.63. The SMILES string of the molecule is CC(C)C[C@H](NC(=O)[C@H](CCC(=O)O)NC(=O)[C@@H](NC(=O)[C@@H](NC(=O)[C@@H](N)CO)[C@@H](C)O)[C@@H](C)O)C(=O)N[C@@H](CC(N)=O)C(=O)N[C@@H](CCCCN)C(=O)O. The van der Waals surface area contributed by atoms with Gasteiger partial charge in [0.2, 0.25) is 41.4 Å². The normalized spacial score (nSPS) is 16.0. The number of amides is 7. The Hall–Kier alpha value is -4.97. The van der Waals surface area contributed by atoms with Crippen LogP contribution < -0.4 is 49.1 Å². The minimum atomic E-state index is -1.86. The predicted octanol–water partition coefficient (Wildman–Crippen LogP) is -6.02. The van der Waals surface area contributed by atoms with Gasteiger partial charge in [-0.25, -0.2) is 4.79 Å². The van der Waals surface area contributed by atoms with Gasteiger partial charge in [-0.15, -0.1) is 0 Å². The standard InChI is InChI=1S/C32H57N9O14/c1-14(2)11-20(28(50)39-21(12-22(35)45)29(51)37-19(32(54)55)7-5-6-10-33)38-27(49)18(8-9-23(46)47)36-30(52)24(15(3)43)41-31(53)25(16(4)44)40-26(48)17(34)13-42/h14-21,24-25,42-44H,5-13,33-34H2,1-4H3,(H2,35,45)(H,36,52)(H,37,51)(H,38,49)(H,39,50)(H,40,48)(H,41,53)(H,46,47)(H,54,55)/t15-,16-,17+,18+,19+,20+,21+,24+,25+/m1/s1. The molecule has 55 heavy (non-hydrogen) atoms. The molecule has 0 aliphatic rings. The van der Waals surface area contributed by atoms with E-state index < -0.39 is 134 Å². The van der Waals surface area contributed by atoms with Crippen LogP contribution in [-0.4, -0.2) is 146 Å². The van der Waals surface area contributed by atoms with E-state index in [1.165, 1.54) is 0 Å². The van der Waals surface area contributed by atoms with Crippen molar-refractivity contribution in [3.63, 3.8) is 0 Å². The summed E-state index contributed by atoms with van der Waals surface area (Å²) in [6, 6.07) is -11.3. The predicted molar refractivity (Wildman–Crippen MR) is 191 cm³/mol. The van der Waals surface area contributed by atoms with Gasteiger partial charge in [-0.2, -0.15) is 0 Å². The van der Waals surface area contributed by atoms with Crippen LogP contribution >= 0.6 is 0 Å². The Morgan fingerprint density at radius 2 is 1.05 bits per heavy atom. The first-order chi connectivity index (χ1) is 25.5. The summed E-state index contributed by atoms with van der Waals surface area (Å²) < 4.78 is 0. The van der Waals surface area contributed by atoms with E-state index in [1.54, 1.807) is 13.8 Å². The zero-order chi connectivity index (χ0) is 42.6. The quantitative estimate of drug-likeness (QED) is 0.0344. The van der Waals surface area contributed by atoms with Gasteiger partial charge in [0.1, 0.15) is 42.3 Å². The molecular formula is C32H57N9O14. The van der Waals surface area contributed by atoms with Crippen LogP contribution in [-0.2, 0) is 43.2 Å². The monoisotopic (exact) mass is 791 g/mol. The fraction of sp³-hybridized carbons (Fsp3) is 0.719. The van der Waals surface area contributed by atoms with Crippen LogP contribution in [0, 0.1) is 5.92 Å². The molecule has 0 radical (unpaired) electrons. The van der Waals surface area contributed by atoms with Gasteiger partial charge < -0.3 is 74.6 Å². The van der Waals surface area contributed by atoms with Crippen molar-refractivity contribution in [2.45, 2.75) is 127 Å². The van der Waals surface area contributed by atoms with Crippen molar-refractivity contribution in [3.05, 3.63) is 0 Å². The third-order valence-electron chi connectivity index (χ3n) is 7.88. The summed E-state index contributed by atoms with van der Waals surface area (Å²) in [6.45, 7) is 5.00. The molecule has 0 saturated heterocycles. The van der Waals surface area contributed by atoms with Crippen LogP contribution in [0.3, 0.4) is 0 Å². The third kappa shape index (κ3) is 19.3. The number of carboxylic acid groups (broad SMARTS) is 2. The summed E-state index contributed by atoms with van der Waals surface area (Å²) in [6.07, 6.45) is -4.57. The van der Waals surface area contributed by atoms with Gasteiger partial charge in [0, 0.05) is 6.42 Å². The largest absolute Gasteiger partial charge is 0.481 e. The van der Waals surface area contributed by atoms with Gasteiger partial charge >= 0.3 is 11.9 Å². The number of hydrogen-bond donors (Lipinski definition) is 14. The zero-order valence-electron chi connectivity index (χ0n) is 31.3. The second-order valence-corrected chi connectivity index (χ2v) is 13.3. The summed E-state index contributed by atoms with van der Waals surface area (Å²) >= 11 is 0. The van der Waals surface area contributed by atoms with E-state index >= 15 is 0 Å². The summed E-state index contributed by atoms with van der Waals surface area (Å²) in [5, 5.41) is 61.7. The minimum absolute atomic E-state index is 0.0123. The molecule has 17 N–H and O–H groups in total. The number of carboxylic acids is 2. The molecule has 0 spiro atoms. The lowest BCUT2D eigenvalue weighted by atomic mass is 10.0. The first kappa shape index (κ1) is 50.0. The highest BCUT2D eigenvalue weighted by atomic mass is 16.4. The van der Waals surface area contributed by atoms with Crippen LogP contribution in [0.25, 0.3) is 0 Å². The number of nitrogens with two attached hydrogens (primary N) is 3. The molecule has 0 unspecified atom stereocenters. The Morgan fingerprint density at radius 3 is 1.51 bits per heavy atom. The molecule has 0 saturated carbocycles. The van der Waals surface area contributed by atoms with Crippen LogP contribution in [0.4, 0.5) is 0 Å². The molecule has 23 nitrogen and oxygen atoms in total. The molecule has 0 aliphatic heterocycles. The van der Waals surface area contributed by atoms with Gasteiger partial charge in [-0.05, 0) is 58.4 Å². The van der Waals surface area contributed by atoms with E-state index in [2.05, 4.69) is 31.9 Å². The van der Waals surface area contributed by atoms with Gasteiger partial charge in [0.25, 0.3) is 0 Å². The van der Waals surface area contributed by atoms with E-state index in [4.69, 9.17) is 22.3 Å². The van der Waals surface area contributed by atoms with E-state index in [1.807, 2.05) is 0 Å². The highest BCUT2D eigenvalue weighted by molar-refractivity contribution is 5.98. The summed E-state index contributed by atoms with van der Waals surface area (Å²) in [5.74, 6) is -10.8. The Morgan fingerprint density at radius 1 is 0.600 bits per heavy atom. The maximum absolute atomic E-state index is 13.6. The third-order valence-corrected chi connectivity index (χ3v) is 7.88. The zero-order valence-corrected chi connectivity index (χ0v) is 31.3. The molecule has 7 amide bonds. The van der Waals surface area contributed by atoms with Gasteiger partial charge in [-0.3, -0.25) is 38.4 Å². The molecule has 0 aliphatic carbocycles. The lowest BCUT2D eigenvalue weighted by Gasteiger charge is -2.29. The Kier molecular flexibility index (Phi) is 22.9. The minimum Gasteiger partial charge on any atom is -0.481 e. The maximum atomic E-state index is 13.6. The average molecular weight is 792 g/mol. The first-order valence-corrected chi connectivity index (χ1v) is 17.5. The van der Waals surface area contributed by atoms with Crippen molar-refractivity contribution in [2.24, 2.45) is 23.1 Å². The van der Waals surface area contributed by atoms with Gasteiger partial charge in [0.15, 0.2) is 0 Å². The van der Waals surface area contributed by atoms with Crippen molar-refractivity contribution in [1.29, 1.82) is 0 Å². The number of carbonyl (C=O) groups is 9. The maximum Gasteiger partial charge on any atom is 0.326 e. The number of rotatable bonds is 27. The van der Waals surface area contributed by atoms with E-state index in [0.717, 1.165) is 13.8 Å². The lowest BCUT2D eigenvalue weighted by molar-refractivity contribution is -0.143. The molecule has 0 aromatic heterocycles. The second kappa shape index (κ2) is 25.2.